The minimum absolute atomic E-state index is 0. The van der Waals surface area contributed by atoms with E-state index in [0.717, 1.165) is 6.42 Å². The highest BCUT2D eigenvalue weighted by Gasteiger charge is 2.55. The molecule has 3 nitrogen and oxygen atoms in total. The van der Waals surface area contributed by atoms with Gasteiger partial charge < -0.3 is 11.1 Å². The van der Waals surface area contributed by atoms with E-state index in [-0.39, 0.29) is 24.0 Å². The van der Waals surface area contributed by atoms with Crippen LogP contribution in [0.15, 0.2) is 29.3 Å². The predicted octanol–water partition coefficient (Wildman–Crippen LogP) is 2.65. The molecule has 0 saturated heterocycles. The summed E-state index contributed by atoms with van der Waals surface area (Å²) < 4.78 is 0. The Hall–Kier alpha value is -0.780. The zero-order valence-electron chi connectivity index (χ0n) is 11.5. The molecule has 0 spiro atoms. The number of rotatable bonds is 3. The highest BCUT2D eigenvalue weighted by molar-refractivity contribution is 14.0. The number of nitrogens with zero attached hydrogens (tertiary/aromatic N) is 1. The zero-order valence-corrected chi connectivity index (χ0v) is 13.8. The second-order valence-electron chi connectivity index (χ2n) is 5.55. The van der Waals surface area contributed by atoms with Gasteiger partial charge in [-0.25, -0.2) is 4.99 Å². The molecule has 1 aromatic carbocycles. The number of benzene rings is 1. The molecule has 0 amide bonds. The number of nitrogens with one attached hydrogen (secondary N) is 1. The molecule has 2 aliphatic rings. The molecular weight excluding hydrogens is 349 g/mol. The molecular formula is C15H22IN3. The molecule has 104 valence electrons. The first-order valence-electron chi connectivity index (χ1n) is 6.88. The summed E-state index contributed by atoms with van der Waals surface area (Å²) in [5, 5.41) is 3.24. The summed E-state index contributed by atoms with van der Waals surface area (Å²) in [5.41, 5.74) is 8.95. The lowest BCUT2D eigenvalue weighted by Crippen LogP contribution is -2.38. The van der Waals surface area contributed by atoms with Crippen molar-refractivity contribution in [2.24, 2.45) is 16.6 Å². The Balaban J connectivity index is 0.00000133. The first kappa shape index (κ1) is 14.6. The minimum Gasteiger partial charge on any atom is -0.370 e. The van der Waals surface area contributed by atoms with Gasteiger partial charge in [-0.3, -0.25) is 0 Å². The summed E-state index contributed by atoms with van der Waals surface area (Å²) in [6.45, 7) is 4.28. The predicted molar refractivity (Wildman–Crippen MR) is 90.1 cm³/mol. The van der Waals surface area contributed by atoms with Crippen molar-refractivity contribution in [3.8, 4) is 0 Å². The normalized spacial score (nSPS) is 28.9. The number of fused-ring (bicyclic) bond motifs is 3. The van der Waals surface area contributed by atoms with Gasteiger partial charge in [0.05, 0.1) is 6.04 Å². The maximum atomic E-state index is 5.95. The molecule has 0 bridgehead atoms. The van der Waals surface area contributed by atoms with Gasteiger partial charge in [0.1, 0.15) is 0 Å². The Morgan fingerprint density at radius 3 is 2.95 bits per heavy atom. The van der Waals surface area contributed by atoms with Gasteiger partial charge in [0.15, 0.2) is 5.96 Å². The molecule has 4 atom stereocenters. The van der Waals surface area contributed by atoms with Crippen molar-refractivity contribution in [3.05, 3.63) is 35.4 Å². The van der Waals surface area contributed by atoms with E-state index < -0.39 is 0 Å². The average molecular weight is 371 g/mol. The van der Waals surface area contributed by atoms with E-state index in [0.29, 0.717) is 29.9 Å². The van der Waals surface area contributed by atoms with Crippen molar-refractivity contribution in [2.75, 3.05) is 0 Å². The number of guanidine groups is 1. The molecule has 3 rings (SSSR count). The van der Waals surface area contributed by atoms with E-state index >= 15 is 0 Å². The summed E-state index contributed by atoms with van der Waals surface area (Å²) in [5.74, 6) is 1.93. The van der Waals surface area contributed by atoms with Gasteiger partial charge >= 0.3 is 0 Å². The molecule has 1 fully saturated rings. The largest absolute Gasteiger partial charge is 0.370 e. The molecule has 4 heteroatoms. The Bertz CT molecular complexity index is 486. The second-order valence-corrected chi connectivity index (χ2v) is 5.55. The van der Waals surface area contributed by atoms with E-state index in [9.17, 15) is 0 Å². The SMILES string of the molecule is CCC(C)NC(N)=NC1C2Cc3ccccc3C21.I. The van der Waals surface area contributed by atoms with Crippen LogP contribution in [-0.4, -0.2) is 18.0 Å². The summed E-state index contributed by atoms with van der Waals surface area (Å²) >= 11 is 0. The molecule has 3 N–H and O–H groups in total. The van der Waals surface area contributed by atoms with E-state index in [1.54, 1.807) is 0 Å². The summed E-state index contributed by atoms with van der Waals surface area (Å²) in [6, 6.07) is 9.55. The topological polar surface area (TPSA) is 50.4 Å². The maximum absolute atomic E-state index is 5.95. The van der Waals surface area contributed by atoms with Crippen molar-refractivity contribution < 1.29 is 0 Å². The monoisotopic (exact) mass is 371 g/mol. The first-order valence-corrected chi connectivity index (χ1v) is 6.88. The Morgan fingerprint density at radius 1 is 1.47 bits per heavy atom. The third kappa shape index (κ3) is 2.73. The highest BCUT2D eigenvalue weighted by Crippen LogP contribution is 2.57. The third-order valence-corrected chi connectivity index (χ3v) is 4.29. The molecule has 1 aromatic rings. The molecule has 0 aromatic heterocycles. The lowest BCUT2D eigenvalue weighted by molar-refractivity contribution is 0.634. The van der Waals surface area contributed by atoms with Gasteiger partial charge in [-0.1, -0.05) is 31.2 Å². The van der Waals surface area contributed by atoms with Crippen LogP contribution < -0.4 is 11.1 Å². The Kier molecular flexibility index (Phi) is 4.38. The molecule has 4 unspecified atom stereocenters. The van der Waals surface area contributed by atoms with Gasteiger partial charge in [-0.2, -0.15) is 0 Å². The molecule has 0 heterocycles. The number of nitrogens with two attached hydrogens (primary N) is 1. The fourth-order valence-corrected chi connectivity index (χ4v) is 3.05. The molecule has 0 radical (unpaired) electrons. The van der Waals surface area contributed by atoms with Crippen LogP contribution in [-0.2, 0) is 6.42 Å². The second kappa shape index (κ2) is 5.69. The summed E-state index contributed by atoms with van der Waals surface area (Å²) in [6.07, 6.45) is 2.24. The molecule has 19 heavy (non-hydrogen) atoms. The van der Waals surface area contributed by atoms with Gasteiger partial charge in [-0.05, 0) is 36.8 Å². The number of hydrogen-bond acceptors (Lipinski definition) is 1. The van der Waals surface area contributed by atoms with Gasteiger partial charge in [0.2, 0.25) is 0 Å². The third-order valence-electron chi connectivity index (χ3n) is 4.29. The first-order chi connectivity index (χ1) is 8.70. The van der Waals surface area contributed by atoms with E-state index in [2.05, 4.69) is 48.4 Å². The molecule has 0 aliphatic heterocycles. The smallest absolute Gasteiger partial charge is 0.189 e. The van der Waals surface area contributed by atoms with Crippen molar-refractivity contribution in [1.82, 2.24) is 5.32 Å². The van der Waals surface area contributed by atoms with E-state index in [4.69, 9.17) is 5.73 Å². The van der Waals surface area contributed by atoms with Gasteiger partial charge in [-0.15, -0.1) is 24.0 Å². The maximum Gasteiger partial charge on any atom is 0.189 e. The highest BCUT2D eigenvalue weighted by atomic mass is 127. The molecule has 1 saturated carbocycles. The van der Waals surface area contributed by atoms with Crippen LogP contribution in [0.5, 0.6) is 0 Å². The van der Waals surface area contributed by atoms with Crippen LogP contribution in [0.2, 0.25) is 0 Å². The zero-order chi connectivity index (χ0) is 12.7. The molecule has 2 aliphatic carbocycles. The fraction of sp³-hybridized carbons (Fsp3) is 0.533. The fourth-order valence-electron chi connectivity index (χ4n) is 3.05. The van der Waals surface area contributed by atoms with Crippen LogP contribution in [0.25, 0.3) is 0 Å². The van der Waals surface area contributed by atoms with Crippen molar-refractivity contribution >= 4 is 29.9 Å². The van der Waals surface area contributed by atoms with Crippen LogP contribution in [0.1, 0.15) is 37.3 Å². The van der Waals surface area contributed by atoms with Crippen LogP contribution in [0.3, 0.4) is 0 Å². The van der Waals surface area contributed by atoms with Crippen LogP contribution in [0, 0.1) is 5.92 Å². The average Bonchev–Trinajstić information content (AvgIpc) is 2.87. The quantitative estimate of drug-likeness (QED) is 0.488. The van der Waals surface area contributed by atoms with Crippen molar-refractivity contribution in [2.45, 2.75) is 44.7 Å². The van der Waals surface area contributed by atoms with Gasteiger partial charge in [0, 0.05) is 12.0 Å². The Morgan fingerprint density at radius 2 is 2.21 bits per heavy atom. The lowest BCUT2D eigenvalue weighted by atomic mass is 10.1. The number of hydrogen-bond donors (Lipinski definition) is 2. The lowest BCUT2D eigenvalue weighted by Gasteiger charge is -2.12. The van der Waals surface area contributed by atoms with Gasteiger partial charge in [0.25, 0.3) is 0 Å². The van der Waals surface area contributed by atoms with E-state index in [1.807, 2.05) is 0 Å². The van der Waals surface area contributed by atoms with Crippen molar-refractivity contribution in [1.29, 1.82) is 0 Å². The van der Waals surface area contributed by atoms with Crippen molar-refractivity contribution in [3.63, 3.8) is 0 Å². The Labute approximate surface area is 132 Å². The van der Waals surface area contributed by atoms with Crippen LogP contribution in [0.4, 0.5) is 0 Å². The summed E-state index contributed by atoms with van der Waals surface area (Å²) in [4.78, 5) is 4.64. The standard InChI is InChI=1S/C15H21N3.HI/c1-3-9(2)17-15(16)18-14-12-8-10-6-4-5-7-11(10)13(12)14;/h4-7,9,12-14H,3,8H2,1-2H3,(H3,16,17,18);1H. The number of halogens is 1. The number of aliphatic imine (C=N–C) groups is 1. The summed E-state index contributed by atoms with van der Waals surface area (Å²) in [7, 11) is 0. The minimum atomic E-state index is 0. The van der Waals surface area contributed by atoms with E-state index in [1.165, 1.54) is 17.5 Å². The van der Waals surface area contributed by atoms with Crippen LogP contribution >= 0.6 is 24.0 Å².